The van der Waals surface area contributed by atoms with Crippen LogP contribution in [0.1, 0.15) is 6.92 Å². The number of rotatable bonds is 4. The van der Waals surface area contributed by atoms with Crippen molar-refractivity contribution in [1.82, 2.24) is 4.90 Å². The molecule has 0 atom stereocenters. The molecule has 1 aliphatic rings. The molecular formula is C16H16N4O4. The van der Waals surface area contributed by atoms with Crippen LogP contribution >= 0.6 is 0 Å². The van der Waals surface area contributed by atoms with Crippen molar-refractivity contribution < 1.29 is 19.1 Å². The Labute approximate surface area is 139 Å². The first-order valence-corrected chi connectivity index (χ1v) is 6.82. The number of hydrogen-bond donors (Lipinski definition) is 1. The van der Waals surface area contributed by atoms with Crippen LogP contribution in [0.3, 0.4) is 0 Å². The zero-order valence-corrected chi connectivity index (χ0v) is 13.5. The van der Waals surface area contributed by atoms with E-state index in [4.69, 9.17) is 11.0 Å². The van der Waals surface area contributed by atoms with Crippen LogP contribution < -0.4 is 5.73 Å². The number of nitrogens with two attached hydrogens (primary N) is 1. The molecule has 0 amide bonds. The van der Waals surface area contributed by atoms with E-state index in [1.54, 1.807) is 17.9 Å². The maximum atomic E-state index is 11.8. The first-order valence-electron chi connectivity index (χ1n) is 6.82. The SMILES string of the molecule is CCN1C=C(C(=O)OC)C(N)=C(C#N)/C1=C\C=C(C#N)C(=O)OC. The molecule has 1 heterocycles. The summed E-state index contributed by atoms with van der Waals surface area (Å²) in [4.78, 5) is 24.8. The van der Waals surface area contributed by atoms with Crippen LogP contribution in [-0.2, 0) is 19.1 Å². The van der Waals surface area contributed by atoms with Crippen molar-refractivity contribution in [3.8, 4) is 12.1 Å². The molecule has 124 valence electrons. The molecule has 2 N–H and O–H groups in total. The molecule has 0 bridgehead atoms. The Bertz CT molecular complexity index is 760. The summed E-state index contributed by atoms with van der Waals surface area (Å²) in [6.45, 7) is 2.21. The monoisotopic (exact) mass is 328 g/mol. The molecule has 1 aliphatic heterocycles. The summed E-state index contributed by atoms with van der Waals surface area (Å²) in [6, 6.07) is 3.64. The van der Waals surface area contributed by atoms with Gasteiger partial charge in [0, 0.05) is 12.7 Å². The zero-order chi connectivity index (χ0) is 18.3. The van der Waals surface area contributed by atoms with Crippen molar-refractivity contribution in [3.63, 3.8) is 0 Å². The van der Waals surface area contributed by atoms with E-state index < -0.39 is 11.9 Å². The highest BCUT2D eigenvalue weighted by Gasteiger charge is 2.27. The lowest BCUT2D eigenvalue weighted by molar-refractivity contribution is -0.136. The standard InChI is InChI=1S/C16H16N4O4/c1-4-20-9-12(16(22)24-3)14(19)11(8-18)13(20)6-5-10(7-17)15(21)23-2/h5-6,9H,4,19H2,1-3H3/b10-5?,13-6+. The fraction of sp³-hybridized carbons (Fsp3) is 0.250. The van der Waals surface area contributed by atoms with E-state index in [1.165, 1.54) is 25.5 Å². The highest BCUT2D eigenvalue weighted by Crippen LogP contribution is 2.28. The second-order valence-electron chi connectivity index (χ2n) is 4.46. The van der Waals surface area contributed by atoms with Gasteiger partial charge in [-0.2, -0.15) is 10.5 Å². The van der Waals surface area contributed by atoms with Crippen molar-refractivity contribution in [2.45, 2.75) is 6.92 Å². The molecule has 0 radical (unpaired) electrons. The molecular weight excluding hydrogens is 312 g/mol. The number of allylic oxidation sites excluding steroid dienone is 3. The molecule has 0 spiro atoms. The number of carbonyl (C=O) groups is 2. The van der Waals surface area contributed by atoms with Gasteiger partial charge in [-0.1, -0.05) is 0 Å². The van der Waals surface area contributed by atoms with Crippen LogP contribution in [0, 0.1) is 22.7 Å². The molecule has 8 nitrogen and oxygen atoms in total. The van der Waals surface area contributed by atoms with E-state index in [2.05, 4.69) is 9.47 Å². The second kappa shape index (κ2) is 8.20. The van der Waals surface area contributed by atoms with Gasteiger partial charge in [-0.25, -0.2) is 9.59 Å². The summed E-state index contributed by atoms with van der Waals surface area (Å²) in [6.07, 6.45) is 4.08. The van der Waals surface area contributed by atoms with Crippen molar-refractivity contribution in [3.05, 3.63) is 46.5 Å². The fourth-order valence-electron chi connectivity index (χ4n) is 1.97. The van der Waals surface area contributed by atoms with Gasteiger partial charge in [-0.05, 0) is 19.1 Å². The first-order chi connectivity index (χ1) is 11.4. The molecule has 0 saturated heterocycles. The summed E-state index contributed by atoms with van der Waals surface area (Å²) >= 11 is 0. The van der Waals surface area contributed by atoms with Gasteiger partial charge < -0.3 is 20.1 Å². The smallest absolute Gasteiger partial charge is 0.348 e. The number of nitrogens with zero attached hydrogens (tertiary/aromatic N) is 3. The second-order valence-corrected chi connectivity index (χ2v) is 4.46. The van der Waals surface area contributed by atoms with Gasteiger partial charge >= 0.3 is 11.9 Å². The third kappa shape index (κ3) is 3.62. The number of ether oxygens (including phenoxy) is 2. The van der Waals surface area contributed by atoms with Gasteiger partial charge in [0.15, 0.2) is 0 Å². The predicted octanol–water partition coefficient (Wildman–Crippen LogP) is 0.622. The molecule has 0 saturated carbocycles. The van der Waals surface area contributed by atoms with E-state index in [9.17, 15) is 14.9 Å². The van der Waals surface area contributed by atoms with E-state index in [1.807, 2.05) is 6.07 Å². The fourth-order valence-corrected chi connectivity index (χ4v) is 1.97. The van der Waals surface area contributed by atoms with E-state index in [0.717, 1.165) is 7.11 Å². The molecule has 24 heavy (non-hydrogen) atoms. The Hall–Kier alpha value is -3.52. The van der Waals surface area contributed by atoms with Gasteiger partial charge in [-0.3, -0.25) is 0 Å². The predicted molar refractivity (Wildman–Crippen MR) is 83.1 cm³/mol. The maximum Gasteiger partial charge on any atom is 0.348 e. The van der Waals surface area contributed by atoms with Crippen LogP contribution in [0.2, 0.25) is 0 Å². The summed E-state index contributed by atoms with van der Waals surface area (Å²) in [7, 11) is 2.37. The van der Waals surface area contributed by atoms with Crippen LogP contribution in [0.15, 0.2) is 46.5 Å². The molecule has 0 aromatic heterocycles. The Morgan fingerprint density at radius 2 is 2.00 bits per heavy atom. The number of esters is 2. The average Bonchev–Trinajstić information content (AvgIpc) is 2.61. The van der Waals surface area contributed by atoms with Crippen LogP contribution in [-0.4, -0.2) is 37.6 Å². The van der Waals surface area contributed by atoms with Crippen molar-refractivity contribution in [2.75, 3.05) is 20.8 Å². The number of hydrogen-bond acceptors (Lipinski definition) is 8. The summed E-state index contributed by atoms with van der Waals surface area (Å²) in [5, 5.41) is 18.3. The summed E-state index contributed by atoms with van der Waals surface area (Å²) < 4.78 is 9.14. The first kappa shape index (κ1) is 18.5. The van der Waals surface area contributed by atoms with Crippen molar-refractivity contribution in [1.29, 1.82) is 10.5 Å². The molecule has 0 fully saturated rings. The number of nitriles is 2. The lowest BCUT2D eigenvalue weighted by atomic mass is 10.00. The highest BCUT2D eigenvalue weighted by atomic mass is 16.5. The average molecular weight is 328 g/mol. The minimum Gasteiger partial charge on any atom is -0.465 e. The lowest BCUT2D eigenvalue weighted by Gasteiger charge is -2.27. The number of carbonyl (C=O) groups excluding carboxylic acids is 2. The largest absolute Gasteiger partial charge is 0.465 e. The van der Waals surface area contributed by atoms with Crippen molar-refractivity contribution >= 4 is 11.9 Å². The molecule has 0 aromatic rings. The molecule has 1 rings (SSSR count). The van der Waals surface area contributed by atoms with E-state index >= 15 is 0 Å². The van der Waals surface area contributed by atoms with E-state index in [-0.39, 0.29) is 22.4 Å². The summed E-state index contributed by atoms with van der Waals surface area (Å²) in [5.41, 5.74) is 6.06. The maximum absolute atomic E-state index is 11.8. The Morgan fingerprint density at radius 1 is 1.33 bits per heavy atom. The zero-order valence-electron chi connectivity index (χ0n) is 13.5. The topological polar surface area (TPSA) is 129 Å². The van der Waals surface area contributed by atoms with Gasteiger partial charge in [0.1, 0.15) is 23.3 Å². The van der Waals surface area contributed by atoms with Crippen LogP contribution in [0.4, 0.5) is 0 Å². The minimum atomic E-state index is -0.797. The van der Waals surface area contributed by atoms with Crippen LogP contribution in [0.5, 0.6) is 0 Å². The van der Waals surface area contributed by atoms with Gasteiger partial charge in [0.05, 0.1) is 31.2 Å². The Kier molecular flexibility index (Phi) is 6.33. The minimum absolute atomic E-state index is 0.0368. The number of methoxy groups -OCH3 is 2. The molecule has 0 aliphatic carbocycles. The van der Waals surface area contributed by atoms with Crippen molar-refractivity contribution in [2.24, 2.45) is 5.73 Å². The third-order valence-corrected chi connectivity index (χ3v) is 3.20. The Balaban J connectivity index is 3.47. The Morgan fingerprint density at radius 3 is 2.46 bits per heavy atom. The van der Waals surface area contributed by atoms with Crippen LogP contribution in [0.25, 0.3) is 0 Å². The third-order valence-electron chi connectivity index (χ3n) is 3.20. The van der Waals surface area contributed by atoms with E-state index in [0.29, 0.717) is 12.2 Å². The van der Waals surface area contributed by atoms with Gasteiger partial charge in [0.25, 0.3) is 0 Å². The quantitative estimate of drug-likeness (QED) is 0.451. The lowest BCUT2D eigenvalue weighted by Crippen LogP contribution is -2.28. The summed E-state index contributed by atoms with van der Waals surface area (Å²) in [5.74, 6) is -1.46. The molecule has 0 aromatic carbocycles. The molecule has 8 heteroatoms. The number of likely N-dealkylation sites (N-methyl/N-ethyl adjacent to an activating group) is 1. The normalized spacial score (nSPS) is 16.2. The van der Waals surface area contributed by atoms with Gasteiger partial charge in [-0.15, -0.1) is 0 Å². The van der Waals surface area contributed by atoms with Gasteiger partial charge in [0.2, 0.25) is 0 Å². The molecule has 0 unspecified atom stereocenters. The highest BCUT2D eigenvalue weighted by molar-refractivity contribution is 5.95.